The minimum absolute atomic E-state index is 0.207. The van der Waals surface area contributed by atoms with Crippen LogP contribution >= 0.6 is 0 Å². The van der Waals surface area contributed by atoms with E-state index in [9.17, 15) is 14.7 Å². The fourth-order valence-electron chi connectivity index (χ4n) is 3.12. The Morgan fingerprint density at radius 1 is 1.45 bits per heavy atom. The number of carbonyl (C=O) groups is 1. The lowest BCUT2D eigenvalue weighted by molar-refractivity contribution is 0.0373. The Labute approximate surface area is 115 Å². The largest absolute Gasteiger partial charge is 0.388 e. The third-order valence-corrected chi connectivity index (χ3v) is 4.64. The molecule has 2 N–H and O–H groups in total. The van der Waals surface area contributed by atoms with Crippen LogP contribution in [0.4, 0.5) is 0 Å². The summed E-state index contributed by atoms with van der Waals surface area (Å²) in [6.45, 7) is 1.00. The van der Waals surface area contributed by atoms with Gasteiger partial charge in [-0.05, 0) is 31.6 Å². The van der Waals surface area contributed by atoms with E-state index >= 15 is 0 Å². The van der Waals surface area contributed by atoms with E-state index in [0.717, 1.165) is 25.7 Å². The Hall–Kier alpha value is -1.69. The zero-order chi connectivity index (χ0) is 13.9. The van der Waals surface area contributed by atoms with Gasteiger partial charge >= 0.3 is 0 Å². The first-order chi connectivity index (χ1) is 9.55. The van der Waals surface area contributed by atoms with E-state index in [-0.39, 0.29) is 17.2 Å². The second-order valence-electron chi connectivity index (χ2n) is 6.31. The summed E-state index contributed by atoms with van der Waals surface area (Å²) in [5, 5.41) is 10.1. The molecule has 20 heavy (non-hydrogen) atoms. The van der Waals surface area contributed by atoms with Crippen LogP contribution in [0.3, 0.4) is 0 Å². The van der Waals surface area contributed by atoms with Gasteiger partial charge in [-0.25, -0.2) is 4.98 Å². The summed E-state index contributed by atoms with van der Waals surface area (Å²) < 4.78 is 0. The third-order valence-electron chi connectivity index (χ3n) is 4.64. The maximum Gasteiger partial charge on any atom is 0.272 e. The first kappa shape index (κ1) is 12.1. The fourth-order valence-corrected chi connectivity index (χ4v) is 3.12. The van der Waals surface area contributed by atoms with Gasteiger partial charge in [-0.1, -0.05) is 0 Å². The Kier molecular flexibility index (Phi) is 2.36. The number of rotatable bonds is 2. The Balaban J connectivity index is 1.60. The molecule has 2 atom stereocenters. The summed E-state index contributed by atoms with van der Waals surface area (Å²) in [7, 11) is 0. The number of nitrogens with one attached hydrogen (secondary N) is 1. The van der Waals surface area contributed by atoms with Crippen LogP contribution in [0.2, 0.25) is 0 Å². The number of hydrogen-bond donors (Lipinski definition) is 2. The molecule has 1 amide bonds. The van der Waals surface area contributed by atoms with E-state index in [1.807, 2.05) is 0 Å². The monoisotopic (exact) mass is 275 g/mol. The number of likely N-dealkylation sites (tertiary alicyclic amines) is 1. The van der Waals surface area contributed by atoms with Crippen molar-refractivity contribution in [3.8, 4) is 0 Å². The molecular weight excluding hydrogens is 258 g/mol. The van der Waals surface area contributed by atoms with Crippen LogP contribution in [0.25, 0.3) is 0 Å². The van der Waals surface area contributed by atoms with Crippen LogP contribution in [0, 0.1) is 5.92 Å². The molecule has 6 nitrogen and oxygen atoms in total. The number of β-amino-alcohol motifs (C(OH)–C–C–N with tert-alkyl or cyclic N) is 1. The molecule has 2 saturated carbocycles. The van der Waals surface area contributed by atoms with E-state index in [1.165, 1.54) is 6.07 Å². The van der Waals surface area contributed by atoms with Crippen LogP contribution in [-0.4, -0.2) is 44.6 Å². The van der Waals surface area contributed by atoms with Crippen LogP contribution in [0.15, 0.2) is 10.9 Å². The van der Waals surface area contributed by atoms with Crippen LogP contribution in [0.1, 0.15) is 47.9 Å². The van der Waals surface area contributed by atoms with Crippen molar-refractivity contribution >= 4 is 5.91 Å². The summed E-state index contributed by atoms with van der Waals surface area (Å²) in [5.41, 5.74) is -0.752. The number of hydrogen-bond acceptors (Lipinski definition) is 4. The van der Waals surface area contributed by atoms with E-state index < -0.39 is 5.60 Å². The zero-order valence-electron chi connectivity index (χ0n) is 11.1. The van der Waals surface area contributed by atoms with Crippen molar-refractivity contribution in [1.82, 2.24) is 14.9 Å². The molecule has 0 bridgehead atoms. The molecule has 0 unspecified atom stereocenters. The van der Waals surface area contributed by atoms with Crippen LogP contribution < -0.4 is 5.56 Å². The standard InChI is InChI=1S/C14H17N3O3/c18-11-5-10(15-12(16-11)8-1-2-8)13(19)17-4-3-9-6-14(9,20)7-17/h5,8-9,20H,1-4,6-7H2,(H,15,16,18)/t9-,14+/m1/s1. The summed E-state index contributed by atoms with van der Waals surface area (Å²) in [6.07, 6.45) is 3.66. The maximum absolute atomic E-state index is 12.5. The summed E-state index contributed by atoms with van der Waals surface area (Å²) in [6, 6.07) is 1.26. The number of aromatic nitrogens is 2. The molecule has 1 aliphatic heterocycles. The summed E-state index contributed by atoms with van der Waals surface area (Å²) >= 11 is 0. The molecular formula is C14H17N3O3. The zero-order valence-corrected chi connectivity index (χ0v) is 11.1. The molecule has 0 aromatic carbocycles. The molecule has 2 aliphatic carbocycles. The molecule has 1 aromatic heterocycles. The molecule has 1 aromatic rings. The Morgan fingerprint density at radius 2 is 2.25 bits per heavy atom. The number of piperidine rings is 1. The third kappa shape index (κ3) is 1.95. The highest BCUT2D eigenvalue weighted by atomic mass is 16.3. The number of amides is 1. The first-order valence-corrected chi connectivity index (χ1v) is 7.18. The van der Waals surface area contributed by atoms with Gasteiger partial charge in [0.05, 0.1) is 12.1 Å². The molecule has 1 saturated heterocycles. The smallest absolute Gasteiger partial charge is 0.272 e. The van der Waals surface area contributed by atoms with Crippen molar-refractivity contribution in [2.24, 2.45) is 5.92 Å². The van der Waals surface area contributed by atoms with Gasteiger partial charge in [-0.3, -0.25) is 9.59 Å². The normalized spacial score (nSPS) is 31.9. The molecule has 4 rings (SSSR count). The summed E-state index contributed by atoms with van der Waals surface area (Å²) in [4.78, 5) is 32.7. The van der Waals surface area contributed by atoms with Gasteiger partial charge in [0.25, 0.3) is 11.5 Å². The number of nitrogens with zero attached hydrogens (tertiary/aromatic N) is 2. The van der Waals surface area contributed by atoms with E-state index in [1.54, 1.807) is 4.90 Å². The maximum atomic E-state index is 12.5. The SMILES string of the molecule is O=C(c1cc(=O)[nH]c(C2CC2)n1)N1CC[C@@H]2C[C@]2(O)C1. The minimum atomic E-state index is -0.686. The highest BCUT2D eigenvalue weighted by Gasteiger charge is 2.56. The van der Waals surface area contributed by atoms with Gasteiger partial charge < -0.3 is 15.0 Å². The molecule has 3 fully saturated rings. The van der Waals surface area contributed by atoms with Crippen molar-refractivity contribution in [3.05, 3.63) is 27.9 Å². The van der Waals surface area contributed by atoms with Gasteiger partial charge in [0.1, 0.15) is 11.5 Å². The average molecular weight is 275 g/mol. The molecule has 106 valence electrons. The molecule has 0 radical (unpaired) electrons. The predicted molar refractivity (Wildman–Crippen MR) is 70.4 cm³/mol. The molecule has 0 spiro atoms. The van der Waals surface area contributed by atoms with Crippen LogP contribution in [-0.2, 0) is 0 Å². The lowest BCUT2D eigenvalue weighted by Gasteiger charge is -2.29. The van der Waals surface area contributed by atoms with Crippen molar-refractivity contribution in [1.29, 1.82) is 0 Å². The number of carbonyl (C=O) groups excluding carboxylic acids is 1. The van der Waals surface area contributed by atoms with Crippen LogP contribution in [0.5, 0.6) is 0 Å². The van der Waals surface area contributed by atoms with E-state index in [4.69, 9.17) is 0 Å². The van der Waals surface area contributed by atoms with Gasteiger partial charge in [0, 0.05) is 18.5 Å². The Morgan fingerprint density at radius 3 is 2.95 bits per heavy atom. The number of aliphatic hydroxyl groups is 1. The van der Waals surface area contributed by atoms with Gasteiger partial charge in [0.2, 0.25) is 0 Å². The highest BCUT2D eigenvalue weighted by Crippen LogP contribution is 2.49. The topological polar surface area (TPSA) is 86.3 Å². The Bertz CT molecular complexity index is 637. The minimum Gasteiger partial charge on any atom is -0.388 e. The summed E-state index contributed by atoms with van der Waals surface area (Å²) in [5.74, 6) is 1.03. The first-order valence-electron chi connectivity index (χ1n) is 7.18. The van der Waals surface area contributed by atoms with Crippen molar-refractivity contribution in [2.45, 2.75) is 37.2 Å². The number of H-pyrrole nitrogens is 1. The second-order valence-corrected chi connectivity index (χ2v) is 6.31. The quantitative estimate of drug-likeness (QED) is 0.809. The molecule has 2 heterocycles. The predicted octanol–water partition coefficient (Wildman–Crippen LogP) is 0.244. The lowest BCUT2D eigenvalue weighted by Crippen LogP contribution is -2.44. The van der Waals surface area contributed by atoms with Crippen molar-refractivity contribution in [2.75, 3.05) is 13.1 Å². The second kappa shape index (κ2) is 3.91. The average Bonchev–Trinajstić information content (AvgIpc) is 3.30. The van der Waals surface area contributed by atoms with Gasteiger partial charge in [-0.15, -0.1) is 0 Å². The number of fused-ring (bicyclic) bond motifs is 1. The number of aromatic amines is 1. The van der Waals surface area contributed by atoms with E-state index in [2.05, 4.69) is 9.97 Å². The van der Waals surface area contributed by atoms with Crippen molar-refractivity contribution in [3.63, 3.8) is 0 Å². The van der Waals surface area contributed by atoms with Crippen molar-refractivity contribution < 1.29 is 9.90 Å². The lowest BCUT2D eigenvalue weighted by atomic mass is 10.1. The highest BCUT2D eigenvalue weighted by molar-refractivity contribution is 5.92. The van der Waals surface area contributed by atoms with Gasteiger partial charge in [0.15, 0.2) is 0 Å². The van der Waals surface area contributed by atoms with E-state index in [0.29, 0.717) is 30.7 Å². The fraction of sp³-hybridized carbons (Fsp3) is 0.643. The van der Waals surface area contributed by atoms with Gasteiger partial charge in [-0.2, -0.15) is 0 Å². The molecule has 6 heteroatoms. The molecule has 3 aliphatic rings.